The van der Waals surface area contributed by atoms with Gasteiger partial charge in [0.25, 0.3) is 0 Å². The molecule has 10 heavy (non-hydrogen) atoms. The predicted molar refractivity (Wildman–Crippen MR) is 37.6 cm³/mol. The molecular formula is C7H14O3. The third kappa shape index (κ3) is 2.35. The molecule has 0 rings (SSSR count). The van der Waals surface area contributed by atoms with Crippen molar-refractivity contribution in [3.05, 3.63) is 0 Å². The van der Waals surface area contributed by atoms with Crippen LogP contribution in [-0.4, -0.2) is 22.3 Å². The molecule has 60 valence electrons. The van der Waals surface area contributed by atoms with Crippen molar-refractivity contribution in [3.8, 4) is 0 Å². The number of carboxylic acids is 1. The topological polar surface area (TPSA) is 57.5 Å². The Bertz CT molecular complexity index is 120. The number of hydrogen-bond donors (Lipinski definition) is 2. The molecule has 0 amide bonds. The van der Waals surface area contributed by atoms with Crippen molar-refractivity contribution < 1.29 is 15.0 Å². The van der Waals surface area contributed by atoms with Crippen LogP contribution in [0.25, 0.3) is 0 Å². The maximum Gasteiger partial charge on any atom is 0.308 e. The van der Waals surface area contributed by atoms with Crippen LogP contribution < -0.4 is 0 Å². The highest BCUT2D eigenvalue weighted by Gasteiger charge is 2.23. The Labute approximate surface area is 60.7 Å². The highest BCUT2D eigenvalue weighted by molar-refractivity contribution is 5.70. The summed E-state index contributed by atoms with van der Waals surface area (Å²) in [6.07, 6.45) is -0.738. The van der Waals surface area contributed by atoms with E-state index in [0.29, 0.717) is 0 Å². The molecule has 0 aliphatic carbocycles. The molecule has 0 unspecified atom stereocenters. The van der Waals surface area contributed by atoms with Crippen molar-refractivity contribution in [2.75, 3.05) is 0 Å². The Balaban J connectivity index is 3.94. The fourth-order valence-electron chi connectivity index (χ4n) is 0.723. The lowest BCUT2D eigenvalue weighted by Crippen LogP contribution is -2.29. The molecule has 0 saturated carbocycles. The normalized spacial score (nSPS) is 16.9. The molecular weight excluding hydrogens is 132 g/mol. The van der Waals surface area contributed by atoms with Gasteiger partial charge in [0.1, 0.15) is 0 Å². The maximum atomic E-state index is 10.3. The highest BCUT2D eigenvalue weighted by Crippen LogP contribution is 2.11. The zero-order chi connectivity index (χ0) is 8.31. The first-order chi connectivity index (χ1) is 4.46. The standard InChI is InChI=1S/C7H14O3/c1-4(2)6(8)5(3)7(9)10/h4-6,8H,1-3H3,(H,9,10)/t5-,6+/m1/s1. The third-order valence-corrected chi connectivity index (χ3v) is 1.58. The summed E-state index contributed by atoms with van der Waals surface area (Å²) >= 11 is 0. The Kier molecular flexibility index (Phi) is 3.36. The van der Waals surface area contributed by atoms with E-state index in [1.165, 1.54) is 6.92 Å². The van der Waals surface area contributed by atoms with Gasteiger partial charge < -0.3 is 10.2 Å². The van der Waals surface area contributed by atoms with Crippen LogP contribution in [0.4, 0.5) is 0 Å². The summed E-state index contributed by atoms with van der Waals surface area (Å²) in [5.74, 6) is -1.60. The number of hydrogen-bond acceptors (Lipinski definition) is 2. The van der Waals surface area contributed by atoms with Gasteiger partial charge in [-0.1, -0.05) is 13.8 Å². The van der Waals surface area contributed by atoms with E-state index < -0.39 is 18.0 Å². The van der Waals surface area contributed by atoms with Crippen LogP contribution in [0.5, 0.6) is 0 Å². The van der Waals surface area contributed by atoms with Gasteiger partial charge in [0.2, 0.25) is 0 Å². The second kappa shape index (κ2) is 3.56. The van der Waals surface area contributed by atoms with Crippen LogP contribution in [0.1, 0.15) is 20.8 Å². The van der Waals surface area contributed by atoms with Gasteiger partial charge in [-0.2, -0.15) is 0 Å². The number of aliphatic hydroxyl groups is 1. The second-order valence-corrected chi connectivity index (χ2v) is 2.86. The Morgan fingerprint density at radius 3 is 1.80 bits per heavy atom. The lowest BCUT2D eigenvalue weighted by molar-refractivity contribution is -0.145. The second-order valence-electron chi connectivity index (χ2n) is 2.86. The third-order valence-electron chi connectivity index (χ3n) is 1.58. The van der Waals surface area contributed by atoms with Crippen molar-refractivity contribution in [2.45, 2.75) is 26.9 Å². The van der Waals surface area contributed by atoms with E-state index in [0.717, 1.165) is 0 Å². The Morgan fingerprint density at radius 1 is 1.30 bits per heavy atom. The van der Waals surface area contributed by atoms with Crippen molar-refractivity contribution in [1.82, 2.24) is 0 Å². The Morgan fingerprint density at radius 2 is 1.70 bits per heavy atom. The van der Waals surface area contributed by atoms with Crippen LogP contribution in [0.3, 0.4) is 0 Å². The molecule has 0 spiro atoms. The van der Waals surface area contributed by atoms with Gasteiger partial charge in [-0.3, -0.25) is 4.79 Å². The van der Waals surface area contributed by atoms with Crippen molar-refractivity contribution in [3.63, 3.8) is 0 Å². The van der Waals surface area contributed by atoms with Crippen LogP contribution >= 0.6 is 0 Å². The quantitative estimate of drug-likeness (QED) is 0.617. The maximum absolute atomic E-state index is 10.3. The molecule has 3 nitrogen and oxygen atoms in total. The van der Waals surface area contributed by atoms with Crippen molar-refractivity contribution >= 4 is 5.97 Å². The molecule has 0 aromatic rings. The first kappa shape index (κ1) is 9.43. The fraction of sp³-hybridized carbons (Fsp3) is 0.857. The molecule has 0 aliphatic rings. The molecule has 0 fully saturated rings. The Hall–Kier alpha value is -0.570. The molecule has 2 N–H and O–H groups in total. The van der Waals surface area contributed by atoms with Gasteiger partial charge >= 0.3 is 5.97 Å². The van der Waals surface area contributed by atoms with E-state index in [-0.39, 0.29) is 5.92 Å². The monoisotopic (exact) mass is 146 g/mol. The average Bonchev–Trinajstić information content (AvgIpc) is 1.84. The predicted octanol–water partition coefficient (Wildman–Crippen LogP) is 0.724. The highest BCUT2D eigenvalue weighted by atomic mass is 16.4. The first-order valence-corrected chi connectivity index (χ1v) is 3.37. The molecule has 0 heterocycles. The molecule has 0 bridgehead atoms. The summed E-state index contributed by atoms with van der Waals surface area (Å²) < 4.78 is 0. The first-order valence-electron chi connectivity index (χ1n) is 3.37. The van der Waals surface area contributed by atoms with Crippen molar-refractivity contribution in [2.24, 2.45) is 11.8 Å². The average molecular weight is 146 g/mol. The molecule has 2 atom stereocenters. The fourth-order valence-corrected chi connectivity index (χ4v) is 0.723. The number of aliphatic hydroxyl groups excluding tert-OH is 1. The van der Waals surface area contributed by atoms with Gasteiger partial charge in [-0.15, -0.1) is 0 Å². The molecule has 0 radical (unpaired) electrons. The van der Waals surface area contributed by atoms with E-state index >= 15 is 0 Å². The summed E-state index contributed by atoms with van der Waals surface area (Å²) in [4.78, 5) is 10.3. The van der Waals surface area contributed by atoms with E-state index in [1.54, 1.807) is 13.8 Å². The molecule has 3 heteroatoms. The van der Waals surface area contributed by atoms with Crippen LogP contribution in [0, 0.1) is 11.8 Å². The number of carboxylic acid groups (broad SMARTS) is 1. The number of rotatable bonds is 3. The minimum atomic E-state index is -0.943. The summed E-state index contributed by atoms with van der Waals surface area (Å²) in [6, 6.07) is 0. The molecule has 0 aliphatic heterocycles. The zero-order valence-corrected chi connectivity index (χ0v) is 6.53. The summed E-state index contributed by atoms with van der Waals surface area (Å²) in [5.41, 5.74) is 0. The molecule has 0 aromatic carbocycles. The number of carbonyl (C=O) groups is 1. The van der Waals surface area contributed by atoms with Gasteiger partial charge in [-0.25, -0.2) is 0 Å². The lowest BCUT2D eigenvalue weighted by atomic mass is 9.95. The summed E-state index contributed by atoms with van der Waals surface area (Å²) in [7, 11) is 0. The minimum absolute atomic E-state index is 0.00565. The minimum Gasteiger partial charge on any atom is -0.481 e. The lowest BCUT2D eigenvalue weighted by Gasteiger charge is -2.17. The number of aliphatic carboxylic acids is 1. The zero-order valence-electron chi connectivity index (χ0n) is 6.53. The van der Waals surface area contributed by atoms with E-state index in [1.807, 2.05) is 0 Å². The van der Waals surface area contributed by atoms with Crippen LogP contribution in [0.2, 0.25) is 0 Å². The van der Waals surface area contributed by atoms with Crippen molar-refractivity contribution in [1.29, 1.82) is 0 Å². The van der Waals surface area contributed by atoms with E-state index in [9.17, 15) is 9.90 Å². The van der Waals surface area contributed by atoms with E-state index in [4.69, 9.17) is 5.11 Å². The SMILES string of the molecule is CC(C)[C@H](O)[C@@H](C)C(=O)O. The van der Waals surface area contributed by atoms with Gasteiger partial charge in [-0.05, 0) is 12.8 Å². The van der Waals surface area contributed by atoms with Gasteiger partial charge in [0.05, 0.1) is 12.0 Å². The van der Waals surface area contributed by atoms with Gasteiger partial charge in [0, 0.05) is 0 Å². The smallest absolute Gasteiger partial charge is 0.308 e. The van der Waals surface area contributed by atoms with Crippen LogP contribution in [0.15, 0.2) is 0 Å². The molecule has 0 saturated heterocycles. The van der Waals surface area contributed by atoms with Gasteiger partial charge in [0.15, 0.2) is 0 Å². The largest absolute Gasteiger partial charge is 0.481 e. The van der Waals surface area contributed by atoms with Crippen LogP contribution in [-0.2, 0) is 4.79 Å². The summed E-state index contributed by atoms with van der Waals surface area (Å²) in [6.45, 7) is 5.10. The van der Waals surface area contributed by atoms with E-state index in [2.05, 4.69) is 0 Å². The molecule has 0 aromatic heterocycles. The summed E-state index contributed by atoms with van der Waals surface area (Å²) in [5, 5.41) is 17.6.